The van der Waals surface area contributed by atoms with Crippen LogP contribution in [0.15, 0.2) is 0 Å². The van der Waals surface area contributed by atoms with Crippen LogP contribution in [0.25, 0.3) is 0 Å². The van der Waals surface area contributed by atoms with E-state index in [0.29, 0.717) is 39.0 Å². The minimum atomic E-state index is -0.829. The standard InChI is InChI=1S/C12H22N2O4/c1-9(2-3-10(15)16)8-14-11(17)12(13)4-6-18-7-5-12/h9H,2-8,13H2,1H3,(H,14,17)(H,15,16). The van der Waals surface area contributed by atoms with Gasteiger partial charge in [0, 0.05) is 26.2 Å². The van der Waals surface area contributed by atoms with Crippen molar-refractivity contribution < 1.29 is 19.4 Å². The van der Waals surface area contributed by atoms with Gasteiger partial charge in [-0.15, -0.1) is 0 Å². The molecular formula is C12H22N2O4. The molecule has 1 amide bonds. The molecule has 1 aliphatic rings. The average Bonchev–Trinajstić information content (AvgIpc) is 2.34. The van der Waals surface area contributed by atoms with Crippen molar-refractivity contribution in [3.05, 3.63) is 0 Å². The third-order valence-corrected chi connectivity index (χ3v) is 3.30. The van der Waals surface area contributed by atoms with Crippen molar-refractivity contribution in [1.29, 1.82) is 0 Å². The Kier molecular flexibility index (Phi) is 5.55. The summed E-state index contributed by atoms with van der Waals surface area (Å²) in [5.74, 6) is -0.839. The number of carboxylic acids is 1. The van der Waals surface area contributed by atoms with Crippen molar-refractivity contribution in [3.8, 4) is 0 Å². The van der Waals surface area contributed by atoms with Crippen molar-refractivity contribution in [2.24, 2.45) is 11.7 Å². The van der Waals surface area contributed by atoms with Crippen LogP contribution in [0.1, 0.15) is 32.6 Å². The first kappa shape index (κ1) is 14.9. The van der Waals surface area contributed by atoms with Crippen LogP contribution in [0.3, 0.4) is 0 Å². The fourth-order valence-corrected chi connectivity index (χ4v) is 1.88. The highest BCUT2D eigenvalue weighted by Gasteiger charge is 2.35. The molecule has 104 valence electrons. The van der Waals surface area contributed by atoms with E-state index in [-0.39, 0.29) is 18.2 Å². The number of aliphatic carboxylic acids is 1. The highest BCUT2D eigenvalue weighted by molar-refractivity contribution is 5.86. The third-order valence-electron chi connectivity index (χ3n) is 3.30. The van der Waals surface area contributed by atoms with Gasteiger partial charge in [0.05, 0.1) is 5.54 Å². The predicted octanol–water partition coefficient (Wildman–Crippen LogP) is 0.111. The van der Waals surface area contributed by atoms with Crippen LogP contribution >= 0.6 is 0 Å². The number of carbonyl (C=O) groups excluding carboxylic acids is 1. The molecule has 0 aliphatic carbocycles. The van der Waals surface area contributed by atoms with E-state index in [1.165, 1.54) is 0 Å². The Labute approximate surface area is 107 Å². The summed E-state index contributed by atoms with van der Waals surface area (Å²) in [6, 6.07) is 0. The quantitative estimate of drug-likeness (QED) is 0.627. The van der Waals surface area contributed by atoms with Crippen LogP contribution in [0.4, 0.5) is 0 Å². The number of amides is 1. The van der Waals surface area contributed by atoms with Crippen LogP contribution in [0.5, 0.6) is 0 Å². The van der Waals surface area contributed by atoms with Gasteiger partial charge >= 0.3 is 5.97 Å². The summed E-state index contributed by atoms with van der Waals surface area (Å²) < 4.78 is 5.18. The Balaban J connectivity index is 2.29. The Morgan fingerprint density at radius 1 is 1.44 bits per heavy atom. The smallest absolute Gasteiger partial charge is 0.303 e. The monoisotopic (exact) mass is 258 g/mol. The average molecular weight is 258 g/mol. The fourth-order valence-electron chi connectivity index (χ4n) is 1.88. The second-order valence-corrected chi connectivity index (χ2v) is 5.02. The van der Waals surface area contributed by atoms with Crippen LogP contribution in [0.2, 0.25) is 0 Å². The van der Waals surface area contributed by atoms with Crippen molar-refractivity contribution >= 4 is 11.9 Å². The summed E-state index contributed by atoms with van der Waals surface area (Å²) in [5.41, 5.74) is 5.20. The number of hydrogen-bond donors (Lipinski definition) is 3. The zero-order chi connectivity index (χ0) is 13.6. The van der Waals surface area contributed by atoms with E-state index in [4.69, 9.17) is 15.6 Å². The molecule has 1 rings (SSSR count). The minimum Gasteiger partial charge on any atom is -0.481 e. The van der Waals surface area contributed by atoms with E-state index in [0.717, 1.165) is 0 Å². The summed E-state index contributed by atoms with van der Waals surface area (Å²) in [4.78, 5) is 22.4. The Hall–Kier alpha value is -1.14. The van der Waals surface area contributed by atoms with E-state index in [2.05, 4.69) is 5.32 Å². The highest BCUT2D eigenvalue weighted by Crippen LogP contribution is 2.17. The minimum absolute atomic E-state index is 0.124. The zero-order valence-corrected chi connectivity index (χ0v) is 10.8. The molecular weight excluding hydrogens is 236 g/mol. The number of hydrogen-bond acceptors (Lipinski definition) is 4. The lowest BCUT2D eigenvalue weighted by Gasteiger charge is -2.32. The van der Waals surface area contributed by atoms with Crippen LogP contribution in [-0.2, 0) is 14.3 Å². The van der Waals surface area contributed by atoms with E-state index in [9.17, 15) is 9.59 Å². The first-order valence-electron chi connectivity index (χ1n) is 6.31. The summed E-state index contributed by atoms with van der Waals surface area (Å²) in [6.07, 6.45) is 1.74. The highest BCUT2D eigenvalue weighted by atomic mass is 16.5. The molecule has 1 unspecified atom stereocenters. The molecule has 0 aromatic heterocycles. The lowest BCUT2D eigenvalue weighted by molar-refractivity contribution is -0.137. The van der Waals surface area contributed by atoms with Gasteiger partial charge in [-0.2, -0.15) is 0 Å². The maximum Gasteiger partial charge on any atom is 0.303 e. The number of ether oxygens (including phenoxy) is 1. The summed E-state index contributed by atoms with van der Waals surface area (Å²) in [7, 11) is 0. The number of carboxylic acid groups (broad SMARTS) is 1. The molecule has 1 saturated heterocycles. The number of nitrogens with one attached hydrogen (secondary N) is 1. The van der Waals surface area contributed by atoms with Gasteiger partial charge in [0.25, 0.3) is 0 Å². The lowest BCUT2D eigenvalue weighted by atomic mass is 9.90. The molecule has 0 saturated carbocycles. The van der Waals surface area contributed by atoms with Gasteiger partial charge in [0.2, 0.25) is 5.91 Å². The summed E-state index contributed by atoms with van der Waals surface area (Å²) >= 11 is 0. The molecule has 0 spiro atoms. The number of carbonyl (C=O) groups is 2. The molecule has 0 radical (unpaired) electrons. The van der Waals surface area contributed by atoms with Gasteiger partial charge in [-0.25, -0.2) is 0 Å². The Bertz CT molecular complexity index is 300. The number of rotatable bonds is 6. The molecule has 1 fully saturated rings. The second kappa shape index (κ2) is 6.70. The normalized spacial score (nSPS) is 20.1. The largest absolute Gasteiger partial charge is 0.481 e. The van der Waals surface area contributed by atoms with Crippen molar-refractivity contribution in [2.45, 2.75) is 38.1 Å². The van der Waals surface area contributed by atoms with Crippen LogP contribution in [0, 0.1) is 5.92 Å². The topological polar surface area (TPSA) is 102 Å². The first-order valence-corrected chi connectivity index (χ1v) is 6.31. The molecule has 0 aromatic rings. The molecule has 1 heterocycles. The molecule has 6 heteroatoms. The van der Waals surface area contributed by atoms with Gasteiger partial charge in [-0.05, 0) is 25.2 Å². The lowest BCUT2D eigenvalue weighted by Crippen LogP contribution is -2.57. The third kappa shape index (κ3) is 4.62. The molecule has 18 heavy (non-hydrogen) atoms. The van der Waals surface area contributed by atoms with Crippen molar-refractivity contribution in [2.75, 3.05) is 19.8 Å². The Morgan fingerprint density at radius 2 is 2.06 bits per heavy atom. The fraction of sp³-hybridized carbons (Fsp3) is 0.833. The van der Waals surface area contributed by atoms with Gasteiger partial charge in [-0.3, -0.25) is 9.59 Å². The summed E-state index contributed by atoms with van der Waals surface area (Å²) in [6.45, 7) is 3.40. The van der Waals surface area contributed by atoms with E-state index < -0.39 is 11.5 Å². The van der Waals surface area contributed by atoms with Crippen molar-refractivity contribution in [3.63, 3.8) is 0 Å². The molecule has 0 bridgehead atoms. The summed E-state index contributed by atoms with van der Waals surface area (Å²) in [5, 5.41) is 11.4. The molecule has 0 aromatic carbocycles. The second-order valence-electron chi connectivity index (χ2n) is 5.02. The molecule has 6 nitrogen and oxygen atoms in total. The van der Waals surface area contributed by atoms with E-state index in [1.54, 1.807) is 0 Å². The first-order chi connectivity index (χ1) is 8.44. The predicted molar refractivity (Wildman–Crippen MR) is 66.0 cm³/mol. The van der Waals surface area contributed by atoms with Gasteiger partial charge in [0.15, 0.2) is 0 Å². The van der Waals surface area contributed by atoms with Gasteiger partial charge < -0.3 is 20.9 Å². The van der Waals surface area contributed by atoms with Gasteiger partial charge in [-0.1, -0.05) is 6.92 Å². The SMILES string of the molecule is CC(CCC(=O)O)CNC(=O)C1(N)CCOCC1. The zero-order valence-electron chi connectivity index (χ0n) is 10.8. The molecule has 4 N–H and O–H groups in total. The van der Waals surface area contributed by atoms with Crippen molar-refractivity contribution in [1.82, 2.24) is 5.32 Å². The maximum atomic E-state index is 12.0. The number of nitrogens with two attached hydrogens (primary N) is 1. The van der Waals surface area contributed by atoms with Gasteiger partial charge in [0.1, 0.15) is 0 Å². The molecule has 1 atom stereocenters. The maximum absolute atomic E-state index is 12.0. The molecule has 1 aliphatic heterocycles. The Morgan fingerprint density at radius 3 is 2.61 bits per heavy atom. The van der Waals surface area contributed by atoms with E-state index in [1.807, 2.05) is 6.92 Å². The van der Waals surface area contributed by atoms with E-state index >= 15 is 0 Å². The van der Waals surface area contributed by atoms with Crippen LogP contribution < -0.4 is 11.1 Å². The van der Waals surface area contributed by atoms with Crippen LogP contribution in [-0.4, -0.2) is 42.3 Å².